The molecular formula is C14H21N3O. The van der Waals surface area contributed by atoms with Crippen molar-refractivity contribution in [1.29, 1.82) is 0 Å². The van der Waals surface area contributed by atoms with E-state index in [-0.39, 0.29) is 11.3 Å². The molecule has 2 N–H and O–H groups in total. The van der Waals surface area contributed by atoms with Gasteiger partial charge >= 0.3 is 0 Å². The number of nitrogens with one attached hydrogen (secondary N) is 2. The molecule has 1 saturated heterocycles. The minimum Gasteiger partial charge on any atom is -0.325 e. The fourth-order valence-corrected chi connectivity index (χ4v) is 2.51. The molecule has 0 spiro atoms. The van der Waals surface area contributed by atoms with Crippen LogP contribution >= 0.6 is 0 Å². The molecule has 2 rings (SSSR count). The summed E-state index contributed by atoms with van der Waals surface area (Å²) in [5.74, 6) is 0.128. The van der Waals surface area contributed by atoms with Gasteiger partial charge in [-0.25, -0.2) is 0 Å². The van der Waals surface area contributed by atoms with Crippen molar-refractivity contribution in [1.82, 2.24) is 10.3 Å². The zero-order valence-corrected chi connectivity index (χ0v) is 11.1. The molecule has 1 aromatic rings. The van der Waals surface area contributed by atoms with Crippen molar-refractivity contribution < 1.29 is 4.79 Å². The third-order valence-corrected chi connectivity index (χ3v) is 3.79. The third-order valence-electron chi connectivity index (χ3n) is 3.79. The maximum absolute atomic E-state index is 12.5. The molecule has 1 amide bonds. The van der Waals surface area contributed by atoms with Crippen molar-refractivity contribution in [3.63, 3.8) is 0 Å². The lowest BCUT2D eigenvalue weighted by atomic mass is 9.77. The van der Waals surface area contributed by atoms with E-state index in [1.54, 1.807) is 6.20 Å². The lowest BCUT2D eigenvalue weighted by Crippen LogP contribution is -2.47. The highest BCUT2D eigenvalue weighted by atomic mass is 16.2. The minimum absolute atomic E-state index is 0.128. The van der Waals surface area contributed by atoms with E-state index < -0.39 is 0 Å². The molecule has 1 fully saturated rings. The summed E-state index contributed by atoms with van der Waals surface area (Å²) < 4.78 is 0. The van der Waals surface area contributed by atoms with Gasteiger partial charge in [0.05, 0.1) is 5.41 Å². The first-order valence-corrected chi connectivity index (χ1v) is 6.61. The molecule has 0 aliphatic carbocycles. The number of carbonyl (C=O) groups excluding carboxylic acids is 1. The van der Waals surface area contributed by atoms with Gasteiger partial charge in [0, 0.05) is 24.1 Å². The van der Waals surface area contributed by atoms with Gasteiger partial charge in [-0.15, -0.1) is 0 Å². The predicted molar refractivity (Wildman–Crippen MR) is 72.4 cm³/mol. The summed E-state index contributed by atoms with van der Waals surface area (Å²) in [7, 11) is 0. The molecule has 4 heteroatoms. The Morgan fingerprint density at radius 1 is 1.61 bits per heavy atom. The number of rotatable bonds is 3. The summed E-state index contributed by atoms with van der Waals surface area (Å²) in [6, 6.07) is 3.74. The van der Waals surface area contributed by atoms with Crippen LogP contribution in [0.4, 0.5) is 5.69 Å². The zero-order valence-electron chi connectivity index (χ0n) is 11.1. The van der Waals surface area contributed by atoms with E-state index in [0.717, 1.165) is 43.7 Å². The SMILES string of the molecule is CCC1(C(=O)Nc2ccnc(C)c2)CCCNC1. The largest absolute Gasteiger partial charge is 0.325 e. The van der Waals surface area contributed by atoms with Gasteiger partial charge in [-0.1, -0.05) is 6.92 Å². The van der Waals surface area contributed by atoms with Crippen LogP contribution in [0.5, 0.6) is 0 Å². The topological polar surface area (TPSA) is 54.0 Å². The Morgan fingerprint density at radius 2 is 2.44 bits per heavy atom. The minimum atomic E-state index is -0.255. The second-order valence-electron chi connectivity index (χ2n) is 5.05. The normalized spacial score (nSPS) is 23.7. The fraction of sp³-hybridized carbons (Fsp3) is 0.571. The maximum atomic E-state index is 12.5. The van der Waals surface area contributed by atoms with Crippen LogP contribution in [0.25, 0.3) is 0 Å². The molecule has 98 valence electrons. The molecular weight excluding hydrogens is 226 g/mol. The molecule has 1 aliphatic heterocycles. The summed E-state index contributed by atoms with van der Waals surface area (Å²) in [5, 5.41) is 6.36. The van der Waals surface area contributed by atoms with Gasteiger partial charge in [-0.3, -0.25) is 9.78 Å². The standard InChI is InChI=1S/C14H21N3O/c1-3-14(6-4-7-15-10-14)13(18)17-12-5-8-16-11(2)9-12/h5,8-9,15H,3-4,6-7,10H2,1-2H3,(H,16,17,18). The number of pyridine rings is 1. The molecule has 1 atom stereocenters. The van der Waals surface area contributed by atoms with Crippen molar-refractivity contribution in [2.24, 2.45) is 5.41 Å². The van der Waals surface area contributed by atoms with Crippen molar-refractivity contribution in [2.75, 3.05) is 18.4 Å². The van der Waals surface area contributed by atoms with E-state index in [1.807, 2.05) is 19.1 Å². The highest BCUT2D eigenvalue weighted by Gasteiger charge is 2.37. The number of nitrogens with zero attached hydrogens (tertiary/aromatic N) is 1. The molecule has 1 unspecified atom stereocenters. The van der Waals surface area contributed by atoms with Gasteiger partial charge in [-0.05, 0) is 44.9 Å². The average molecular weight is 247 g/mol. The van der Waals surface area contributed by atoms with Crippen LogP contribution < -0.4 is 10.6 Å². The molecule has 2 heterocycles. The molecule has 0 radical (unpaired) electrons. The number of amides is 1. The van der Waals surface area contributed by atoms with Crippen LogP contribution in [-0.2, 0) is 4.79 Å². The average Bonchev–Trinajstić information content (AvgIpc) is 2.39. The number of aromatic nitrogens is 1. The Bertz CT molecular complexity index is 425. The summed E-state index contributed by atoms with van der Waals surface area (Å²) in [4.78, 5) is 16.6. The first kappa shape index (κ1) is 13.0. The van der Waals surface area contributed by atoms with Crippen LogP contribution in [0, 0.1) is 12.3 Å². The molecule has 1 aliphatic rings. The molecule has 0 bridgehead atoms. The molecule has 0 aromatic carbocycles. The molecule has 1 aromatic heterocycles. The smallest absolute Gasteiger partial charge is 0.231 e. The zero-order chi connectivity index (χ0) is 13.0. The van der Waals surface area contributed by atoms with E-state index in [2.05, 4.69) is 22.5 Å². The van der Waals surface area contributed by atoms with Crippen LogP contribution in [0.2, 0.25) is 0 Å². The van der Waals surface area contributed by atoms with E-state index in [9.17, 15) is 4.79 Å². The van der Waals surface area contributed by atoms with Crippen molar-refractivity contribution >= 4 is 11.6 Å². The Morgan fingerprint density at radius 3 is 3.06 bits per heavy atom. The number of hydrogen-bond donors (Lipinski definition) is 2. The summed E-state index contributed by atoms with van der Waals surface area (Å²) >= 11 is 0. The lowest BCUT2D eigenvalue weighted by molar-refractivity contribution is -0.126. The molecule has 18 heavy (non-hydrogen) atoms. The summed E-state index contributed by atoms with van der Waals surface area (Å²) in [6.07, 6.45) is 4.63. The highest BCUT2D eigenvalue weighted by molar-refractivity contribution is 5.95. The Hall–Kier alpha value is -1.42. The first-order chi connectivity index (χ1) is 8.66. The third kappa shape index (κ3) is 2.70. The maximum Gasteiger partial charge on any atom is 0.231 e. The van der Waals surface area contributed by atoms with Crippen molar-refractivity contribution in [3.8, 4) is 0 Å². The number of piperidine rings is 1. The van der Waals surface area contributed by atoms with Gasteiger partial charge in [0.2, 0.25) is 5.91 Å². The molecule has 0 saturated carbocycles. The van der Waals surface area contributed by atoms with Gasteiger partial charge in [0.15, 0.2) is 0 Å². The Kier molecular flexibility index (Phi) is 3.97. The van der Waals surface area contributed by atoms with Crippen molar-refractivity contribution in [2.45, 2.75) is 33.1 Å². The van der Waals surface area contributed by atoms with Gasteiger partial charge < -0.3 is 10.6 Å². The molecule has 4 nitrogen and oxygen atoms in total. The van der Waals surface area contributed by atoms with Gasteiger partial charge in [0.1, 0.15) is 0 Å². The second kappa shape index (κ2) is 5.48. The lowest BCUT2D eigenvalue weighted by Gasteiger charge is -2.35. The van der Waals surface area contributed by atoms with Crippen LogP contribution in [0.15, 0.2) is 18.3 Å². The number of hydrogen-bond acceptors (Lipinski definition) is 3. The first-order valence-electron chi connectivity index (χ1n) is 6.61. The quantitative estimate of drug-likeness (QED) is 0.860. The summed E-state index contributed by atoms with van der Waals surface area (Å²) in [5.41, 5.74) is 1.50. The van der Waals surface area contributed by atoms with Gasteiger partial charge in [0.25, 0.3) is 0 Å². The predicted octanol–water partition coefficient (Wildman–Crippen LogP) is 2.11. The van der Waals surface area contributed by atoms with E-state index in [0.29, 0.717) is 0 Å². The van der Waals surface area contributed by atoms with Gasteiger partial charge in [-0.2, -0.15) is 0 Å². The highest BCUT2D eigenvalue weighted by Crippen LogP contribution is 2.31. The van der Waals surface area contributed by atoms with E-state index in [4.69, 9.17) is 0 Å². The monoisotopic (exact) mass is 247 g/mol. The summed E-state index contributed by atoms with van der Waals surface area (Å²) in [6.45, 7) is 5.81. The number of aryl methyl sites for hydroxylation is 1. The number of carbonyl (C=O) groups is 1. The Balaban J connectivity index is 2.10. The van der Waals surface area contributed by atoms with E-state index >= 15 is 0 Å². The van der Waals surface area contributed by atoms with Crippen LogP contribution in [-0.4, -0.2) is 24.0 Å². The second-order valence-corrected chi connectivity index (χ2v) is 5.05. The van der Waals surface area contributed by atoms with E-state index in [1.165, 1.54) is 0 Å². The van der Waals surface area contributed by atoms with Crippen LogP contribution in [0.3, 0.4) is 0 Å². The Labute approximate surface area is 108 Å². The van der Waals surface area contributed by atoms with Crippen molar-refractivity contribution in [3.05, 3.63) is 24.0 Å². The fourth-order valence-electron chi connectivity index (χ4n) is 2.51. The van der Waals surface area contributed by atoms with Crippen LogP contribution in [0.1, 0.15) is 31.9 Å². The number of anilines is 1.